The van der Waals surface area contributed by atoms with Gasteiger partial charge in [0.1, 0.15) is 5.82 Å². The van der Waals surface area contributed by atoms with Crippen molar-refractivity contribution in [1.29, 1.82) is 0 Å². The van der Waals surface area contributed by atoms with E-state index in [0.29, 0.717) is 17.7 Å². The molecule has 0 aliphatic carbocycles. The van der Waals surface area contributed by atoms with Crippen molar-refractivity contribution in [3.63, 3.8) is 0 Å². The lowest BCUT2D eigenvalue weighted by molar-refractivity contribution is 0.00972. The number of anilines is 1. The van der Waals surface area contributed by atoms with Crippen molar-refractivity contribution in [2.75, 3.05) is 18.1 Å². The fourth-order valence-electron chi connectivity index (χ4n) is 2.83. The second-order valence-electron chi connectivity index (χ2n) is 4.91. The molecule has 2 aliphatic rings. The molecule has 0 aromatic carbocycles. The Kier molecular flexibility index (Phi) is 2.08. The highest BCUT2D eigenvalue weighted by atomic mass is 16.5. The van der Waals surface area contributed by atoms with Gasteiger partial charge in [-0.2, -0.15) is 5.10 Å². The van der Waals surface area contributed by atoms with Crippen LogP contribution in [-0.4, -0.2) is 51.0 Å². The van der Waals surface area contributed by atoms with Crippen molar-refractivity contribution in [2.45, 2.75) is 18.5 Å². The molecule has 2 aliphatic heterocycles. The molecule has 0 amide bonds. The number of carboxylic acids is 1. The second kappa shape index (κ2) is 3.67. The highest BCUT2D eigenvalue weighted by molar-refractivity contribution is 5.86. The van der Waals surface area contributed by atoms with Gasteiger partial charge in [0.05, 0.1) is 25.3 Å². The average molecular weight is 260 g/mol. The Morgan fingerprint density at radius 3 is 2.89 bits per heavy atom. The maximum Gasteiger partial charge on any atom is 0.356 e. The van der Waals surface area contributed by atoms with Crippen LogP contribution in [0.4, 0.5) is 5.82 Å². The quantitative estimate of drug-likeness (QED) is 0.842. The van der Waals surface area contributed by atoms with E-state index in [9.17, 15) is 4.79 Å². The lowest BCUT2D eigenvalue weighted by atomic mass is 9.91. The maximum absolute atomic E-state index is 10.9. The topological polar surface area (TPSA) is 80.0 Å². The first-order chi connectivity index (χ1) is 9.22. The molecule has 2 atom stereocenters. The van der Waals surface area contributed by atoms with E-state index in [2.05, 4.69) is 15.0 Å². The van der Waals surface area contributed by atoms with Crippen LogP contribution in [0.25, 0.3) is 5.65 Å². The Hall–Kier alpha value is -2.15. The number of hydrogen-bond donors (Lipinski definition) is 1. The molecule has 7 nitrogen and oxygen atoms in total. The maximum atomic E-state index is 10.9. The summed E-state index contributed by atoms with van der Waals surface area (Å²) in [7, 11) is 0. The van der Waals surface area contributed by atoms with Crippen LogP contribution in [0.15, 0.2) is 18.3 Å². The van der Waals surface area contributed by atoms with Crippen molar-refractivity contribution < 1.29 is 14.6 Å². The summed E-state index contributed by atoms with van der Waals surface area (Å²) in [5.74, 6) is -0.171. The van der Waals surface area contributed by atoms with Gasteiger partial charge in [-0.15, -0.1) is 0 Å². The Balaban J connectivity index is 1.73. The first-order valence-electron chi connectivity index (χ1n) is 6.18. The van der Waals surface area contributed by atoms with Gasteiger partial charge in [0.2, 0.25) is 0 Å². The first kappa shape index (κ1) is 10.7. The van der Waals surface area contributed by atoms with Crippen LogP contribution in [0, 0.1) is 0 Å². The van der Waals surface area contributed by atoms with Gasteiger partial charge in [-0.3, -0.25) is 0 Å². The Bertz CT molecular complexity index is 654. The van der Waals surface area contributed by atoms with Crippen molar-refractivity contribution in [3.8, 4) is 0 Å². The number of morpholine rings is 1. The first-order valence-corrected chi connectivity index (χ1v) is 6.18. The minimum absolute atomic E-state index is 0.0109. The van der Waals surface area contributed by atoms with Gasteiger partial charge in [-0.05, 0) is 12.5 Å². The van der Waals surface area contributed by atoms with Crippen LogP contribution in [0.5, 0.6) is 0 Å². The van der Waals surface area contributed by atoms with Crippen LogP contribution in [0.3, 0.4) is 0 Å². The number of fused-ring (bicyclic) bond motifs is 3. The third-order valence-electron chi connectivity index (χ3n) is 3.74. The van der Waals surface area contributed by atoms with E-state index in [1.54, 1.807) is 6.20 Å². The highest BCUT2D eigenvalue weighted by Crippen LogP contribution is 2.34. The fourth-order valence-corrected chi connectivity index (χ4v) is 2.83. The van der Waals surface area contributed by atoms with Gasteiger partial charge in [-0.1, -0.05) is 0 Å². The summed E-state index contributed by atoms with van der Waals surface area (Å²) in [5.41, 5.74) is 0.567. The summed E-state index contributed by atoms with van der Waals surface area (Å²) in [6.07, 6.45) is 2.89. The number of aromatic carboxylic acids is 1. The molecule has 2 aromatic heterocycles. The normalized spacial score (nSPS) is 25.4. The molecule has 2 bridgehead atoms. The summed E-state index contributed by atoms with van der Waals surface area (Å²) in [6, 6.07) is 4.15. The van der Waals surface area contributed by atoms with Gasteiger partial charge in [0, 0.05) is 12.3 Å². The number of carbonyl (C=O) groups is 1. The molecular weight excluding hydrogens is 248 g/mol. The van der Waals surface area contributed by atoms with Gasteiger partial charge in [-0.25, -0.2) is 14.3 Å². The summed E-state index contributed by atoms with van der Waals surface area (Å²) < 4.78 is 6.93. The number of aromatic nitrogens is 3. The average Bonchev–Trinajstić information content (AvgIpc) is 2.83. The van der Waals surface area contributed by atoms with E-state index in [1.807, 2.05) is 6.07 Å². The van der Waals surface area contributed by atoms with Crippen LogP contribution in [0.2, 0.25) is 0 Å². The minimum Gasteiger partial charge on any atom is -0.476 e. The van der Waals surface area contributed by atoms with Crippen molar-refractivity contribution >= 4 is 17.4 Å². The van der Waals surface area contributed by atoms with Gasteiger partial charge in [0.25, 0.3) is 0 Å². The zero-order chi connectivity index (χ0) is 13.0. The van der Waals surface area contributed by atoms with E-state index in [1.165, 1.54) is 10.6 Å². The molecule has 4 heterocycles. The van der Waals surface area contributed by atoms with E-state index in [0.717, 1.165) is 25.5 Å². The largest absolute Gasteiger partial charge is 0.476 e. The van der Waals surface area contributed by atoms with Gasteiger partial charge in [0.15, 0.2) is 11.3 Å². The molecule has 98 valence electrons. The Morgan fingerprint density at radius 1 is 1.42 bits per heavy atom. The van der Waals surface area contributed by atoms with E-state index in [4.69, 9.17) is 9.84 Å². The highest BCUT2D eigenvalue weighted by Gasteiger charge is 2.43. The zero-order valence-electron chi connectivity index (χ0n) is 10.1. The minimum atomic E-state index is -1.04. The predicted molar refractivity (Wildman–Crippen MR) is 65.4 cm³/mol. The van der Waals surface area contributed by atoms with E-state index >= 15 is 0 Å². The lowest BCUT2D eigenvalue weighted by Gasteiger charge is -2.53. The number of carboxylic acid groups (broad SMARTS) is 1. The Morgan fingerprint density at radius 2 is 2.21 bits per heavy atom. The third kappa shape index (κ3) is 1.51. The smallest absolute Gasteiger partial charge is 0.356 e. The van der Waals surface area contributed by atoms with Crippen LogP contribution < -0.4 is 4.90 Å². The van der Waals surface area contributed by atoms with E-state index in [-0.39, 0.29) is 5.69 Å². The monoisotopic (exact) mass is 260 g/mol. The molecule has 2 saturated heterocycles. The summed E-state index contributed by atoms with van der Waals surface area (Å²) in [6.45, 7) is 1.48. The summed E-state index contributed by atoms with van der Waals surface area (Å²) in [5, 5.41) is 12.9. The standard InChI is InChI=1S/C12H12N4O3/c17-12(18)9-4-11-13-10(1-2-15(11)14-9)16-7-3-8(16)6-19-5-7/h1-2,4,7-8H,3,5-6H2,(H,17,18). The molecule has 4 rings (SSSR count). The fraction of sp³-hybridized carbons (Fsp3) is 0.417. The van der Waals surface area contributed by atoms with Crippen LogP contribution >= 0.6 is 0 Å². The summed E-state index contributed by atoms with van der Waals surface area (Å²) >= 11 is 0. The zero-order valence-corrected chi connectivity index (χ0v) is 10.1. The molecule has 19 heavy (non-hydrogen) atoms. The van der Waals surface area contributed by atoms with Crippen LogP contribution in [-0.2, 0) is 4.74 Å². The number of hydrogen-bond acceptors (Lipinski definition) is 5. The number of rotatable bonds is 2. The predicted octanol–water partition coefficient (Wildman–Crippen LogP) is 0.405. The molecule has 7 heteroatoms. The molecule has 0 spiro atoms. The van der Waals surface area contributed by atoms with Crippen molar-refractivity contribution in [1.82, 2.24) is 14.6 Å². The molecule has 2 aromatic rings. The molecule has 1 N–H and O–H groups in total. The van der Waals surface area contributed by atoms with Gasteiger partial charge < -0.3 is 14.7 Å². The van der Waals surface area contributed by atoms with E-state index < -0.39 is 5.97 Å². The van der Waals surface area contributed by atoms with Gasteiger partial charge >= 0.3 is 5.97 Å². The van der Waals surface area contributed by atoms with Crippen molar-refractivity contribution in [3.05, 3.63) is 24.0 Å². The third-order valence-corrected chi connectivity index (χ3v) is 3.74. The number of nitrogens with zero attached hydrogens (tertiary/aromatic N) is 4. The second-order valence-corrected chi connectivity index (χ2v) is 4.91. The molecule has 0 saturated carbocycles. The van der Waals surface area contributed by atoms with Crippen molar-refractivity contribution in [2.24, 2.45) is 0 Å². The molecule has 0 radical (unpaired) electrons. The summed E-state index contributed by atoms with van der Waals surface area (Å²) in [4.78, 5) is 17.6. The molecule has 2 unspecified atom stereocenters. The lowest BCUT2D eigenvalue weighted by Crippen LogP contribution is -2.64. The molecule has 2 fully saturated rings. The number of ether oxygens (including phenoxy) is 1. The SMILES string of the molecule is O=C(O)c1cc2nc(N3C4COCC3C4)ccn2n1. The molecular formula is C12H12N4O3. The van der Waals surface area contributed by atoms with Crippen LogP contribution in [0.1, 0.15) is 16.9 Å². The Labute approximate surface area is 108 Å².